The van der Waals surface area contributed by atoms with E-state index in [4.69, 9.17) is 9.84 Å². The van der Waals surface area contributed by atoms with Crippen LogP contribution in [0.1, 0.15) is 37.7 Å². The van der Waals surface area contributed by atoms with Crippen molar-refractivity contribution in [1.82, 2.24) is 10.3 Å². The SMILES string of the molecule is CC1C(CCCO)C1c1cncc(OCC2CCN2)c1. The highest BCUT2D eigenvalue weighted by Gasteiger charge is 2.46. The molecular formula is C16H24N2O2. The maximum atomic E-state index is 8.94. The molecule has 4 unspecified atom stereocenters. The lowest BCUT2D eigenvalue weighted by Gasteiger charge is -2.27. The molecule has 110 valence electrons. The Morgan fingerprint density at radius 3 is 3.00 bits per heavy atom. The molecule has 0 amide bonds. The molecule has 0 bridgehead atoms. The maximum absolute atomic E-state index is 8.94. The van der Waals surface area contributed by atoms with Crippen LogP contribution in [0.25, 0.3) is 0 Å². The summed E-state index contributed by atoms with van der Waals surface area (Å²) in [5, 5.41) is 12.3. The summed E-state index contributed by atoms with van der Waals surface area (Å²) in [6.45, 7) is 4.43. The van der Waals surface area contributed by atoms with Crippen molar-refractivity contribution in [2.75, 3.05) is 19.8 Å². The molecule has 3 rings (SSSR count). The summed E-state index contributed by atoms with van der Waals surface area (Å²) < 4.78 is 5.82. The zero-order valence-corrected chi connectivity index (χ0v) is 12.1. The molecule has 4 nitrogen and oxygen atoms in total. The van der Waals surface area contributed by atoms with Gasteiger partial charge in [-0.2, -0.15) is 0 Å². The first-order valence-corrected chi connectivity index (χ1v) is 7.71. The Balaban J connectivity index is 1.56. The van der Waals surface area contributed by atoms with Gasteiger partial charge in [-0.15, -0.1) is 0 Å². The van der Waals surface area contributed by atoms with Gasteiger partial charge in [0, 0.05) is 18.8 Å². The summed E-state index contributed by atoms with van der Waals surface area (Å²) in [4.78, 5) is 4.32. The monoisotopic (exact) mass is 276 g/mol. The van der Waals surface area contributed by atoms with Crippen LogP contribution < -0.4 is 10.1 Å². The molecule has 1 saturated carbocycles. The molecule has 1 aromatic heterocycles. The Labute approximate surface area is 120 Å². The Morgan fingerprint density at radius 1 is 1.45 bits per heavy atom. The van der Waals surface area contributed by atoms with Crippen molar-refractivity contribution in [3.05, 3.63) is 24.0 Å². The summed E-state index contributed by atoms with van der Waals surface area (Å²) in [6, 6.07) is 2.65. The van der Waals surface area contributed by atoms with Gasteiger partial charge in [0.25, 0.3) is 0 Å². The van der Waals surface area contributed by atoms with Gasteiger partial charge in [0.2, 0.25) is 0 Å². The standard InChI is InChI=1S/C16H24N2O2/c1-11-15(3-2-6-19)16(11)12-7-14(9-17-8-12)20-10-13-4-5-18-13/h7-9,11,13,15-16,18-19H,2-6,10H2,1H3. The van der Waals surface area contributed by atoms with E-state index in [0.29, 0.717) is 30.4 Å². The molecule has 0 spiro atoms. The van der Waals surface area contributed by atoms with E-state index in [1.54, 1.807) is 6.20 Å². The highest BCUT2D eigenvalue weighted by molar-refractivity contribution is 5.31. The Morgan fingerprint density at radius 2 is 2.30 bits per heavy atom. The molecule has 2 fully saturated rings. The molecule has 2 aliphatic rings. The van der Waals surface area contributed by atoms with Crippen molar-refractivity contribution >= 4 is 0 Å². The lowest BCUT2D eigenvalue weighted by molar-refractivity contribution is 0.216. The molecule has 2 heterocycles. The largest absolute Gasteiger partial charge is 0.490 e. The minimum Gasteiger partial charge on any atom is -0.490 e. The van der Waals surface area contributed by atoms with Crippen LogP contribution in [0, 0.1) is 11.8 Å². The molecule has 20 heavy (non-hydrogen) atoms. The minimum absolute atomic E-state index is 0.297. The van der Waals surface area contributed by atoms with E-state index < -0.39 is 0 Å². The normalized spacial score (nSPS) is 31.7. The summed E-state index contributed by atoms with van der Waals surface area (Å²) in [7, 11) is 0. The molecule has 0 radical (unpaired) electrons. The fourth-order valence-corrected chi connectivity index (χ4v) is 3.25. The molecule has 1 aliphatic heterocycles. The molecule has 0 aromatic carbocycles. The van der Waals surface area contributed by atoms with Gasteiger partial charge in [-0.3, -0.25) is 4.98 Å². The second-order valence-electron chi connectivity index (χ2n) is 6.12. The van der Waals surface area contributed by atoms with Crippen LogP contribution in [0.5, 0.6) is 5.75 Å². The lowest BCUT2D eigenvalue weighted by atomic mass is 10.1. The predicted octanol–water partition coefficient (Wildman–Crippen LogP) is 1.94. The number of hydrogen-bond acceptors (Lipinski definition) is 4. The van der Waals surface area contributed by atoms with E-state index in [-0.39, 0.29) is 0 Å². The third kappa shape index (κ3) is 2.96. The number of aliphatic hydroxyl groups excluding tert-OH is 1. The van der Waals surface area contributed by atoms with Gasteiger partial charge >= 0.3 is 0 Å². The first kappa shape index (κ1) is 13.8. The number of pyridine rings is 1. The number of aliphatic hydroxyl groups is 1. The first-order chi connectivity index (χ1) is 9.79. The number of rotatable bonds is 7. The van der Waals surface area contributed by atoms with Crippen molar-refractivity contribution in [1.29, 1.82) is 0 Å². The Kier molecular flexibility index (Phi) is 4.22. The van der Waals surface area contributed by atoms with Crippen molar-refractivity contribution in [2.45, 2.75) is 38.1 Å². The smallest absolute Gasteiger partial charge is 0.137 e. The van der Waals surface area contributed by atoms with Gasteiger partial charge in [-0.05, 0) is 55.2 Å². The second kappa shape index (κ2) is 6.10. The average Bonchev–Trinajstić information content (AvgIpc) is 3.05. The molecule has 1 saturated heterocycles. The molecule has 2 N–H and O–H groups in total. The fourth-order valence-electron chi connectivity index (χ4n) is 3.25. The third-order valence-electron chi connectivity index (χ3n) is 4.75. The summed E-state index contributed by atoms with van der Waals surface area (Å²) in [6.07, 6.45) is 6.99. The highest BCUT2D eigenvalue weighted by Crippen LogP contribution is 2.56. The second-order valence-corrected chi connectivity index (χ2v) is 6.12. The van der Waals surface area contributed by atoms with Gasteiger partial charge in [0.05, 0.1) is 6.20 Å². The van der Waals surface area contributed by atoms with E-state index in [1.807, 2.05) is 6.20 Å². The molecular weight excluding hydrogens is 252 g/mol. The summed E-state index contributed by atoms with van der Waals surface area (Å²) in [5.74, 6) is 2.88. The zero-order chi connectivity index (χ0) is 13.9. The fraction of sp³-hybridized carbons (Fsp3) is 0.688. The van der Waals surface area contributed by atoms with E-state index in [2.05, 4.69) is 23.3 Å². The van der Waals surface area contributed by atoms with Crippen molar-refractivity contribution in [3.8, 4) is 5.75 Å². The summed E-state index contributed by atoms with van der Waals surface area (Å²) >= 11 is 0. The van der Waals surface area contributed by atoms with Crippen molar-refractivity contribution in [2.24, 2.45) is 11.8 Å². The average molecular weight is 276 g/mol. The van der Waals surface area contributed by atoms with Crippen LogP contribution in [-0.4, -0.2) is 35.9 Å². The van der Waals surface area contributed by atoms with Gasteiger partial charge in [0.15, 0.2) is 0 Å². The molecule has 4 atom stereocenters. The Bertz CT molecular complexity index is 448. The van der Waals surface area contributed by atoms with Crippen molar-refractivity contribution in [3.63, 3.8) is 0 Å². The van der Waals surface area contributed by atoms with Crippen LogP contribution in [-0.2, 0) is 0 Å². The molecule has 1 aromatic rings. The number of nitrogens with one attached hydrogen (secondary N) is 1. The van der Waals surface area contributed by atoms with Crippen LogP contribution in [0.3, 0.4) is 0 Å². The third-order valence-corrected chi connectivity index (χ3v) is 4.75. The van der Waals surface area contributed by atoms with Crippen LogP contribution in [0.15, 0.2) is 18.5 Å². The quantitative estimate of drug-likeness (QED) is 0.799. The molecule has 1 aliphatic carbocycles. The van der Waals surface area contributed by atoms with E-state index in [1.165, 1.54) is 12.0 Å². The van der Waals surface area contributed by atoms with Crippen molar-refractivity contribution < 1.29 is 9.84 Å². The molecule has 4 heteroatoms. The number of ether oxygens (including phenoxy) is 1. The highest BCUT2D eigenvalue weighted by atomic mass is 16.5. The van der Waals surface area contributed by atoms with E-state index in [0.717, 1.165) is 31.7 Å². The summed E-state index contributed by atoms with van der Waals surface area (Å²) in [5.41, 5.74) is 1.29. The van der Waals surface area contributed by atoms with Crippen LogP contribution in [0.2, 0.25) is 0 Å². The topological polar surface area (TPSA) is 54.4 Å². The minimum atomic E-state index is 0.297. The first-order valence-electron chi connectivity index (χ1n) is 7.71. The Hall–Kier alpha value is -1.13. The number of nitrogens with zero attached hydrogens (tertiary/aromatic N) is 1. The van der Waals surface area contributed by atoms with Crippen LogP contribution >= 0.6 is 0 Å². The predicted molar refractivity (Wildman–Crippen MR) is 77.9 cm³/mol. The van der Waals surface area contributed by atoms with E-state index in [9.17, 15) is 0 Å². The number of hydrogen-bond donors (Lipinski definition) is 2. The van der Waals surface area contributed by atoms with Gasteiger partial charge in [-0.1, -0.05) is 6.92 Å². The van der Waals surface area contributed by atoms with Gasteiger partial charge < -0.3 is 15.2 Å². The van der Waals surface area contributed by atoms with E-state index >= 15 is 0 Å². The maximum Gasteiger partial charge on any atom is 0.137 e. The lowest BCUT2D eigenvalue weighted by Crippen LogP contribution is -2.46. The van der Waals surface area contributed by atoms with Gasteiger partial charge in [0.1, 0.15) is 12.4 Å². The zero-order valence-electron chi connectivity index (χ0n) is 12.1. The van der Waals surface area contributed by atoms with Crippen LogP contribution in [0.4, 0.5) is 0 Å². The number of aromatic nitrogens is 1. The van der Waals surface area contributed by atoms with Gasteiger partial charge in [-0.25, -0.2) is 0 Å².